The third-order valence-electron chi connectivity index (χ3n) is 1.70. The van der Waals surface area contributed by atoms with Crippen LogP contribution in [0.1, 0.15) is 22.8 Å². The van der Waals surface area contributed by atoms with Crippen LogP contribution in [0.25, 0.3) is 0 Å². The number of carbonyl (C=O) groups excluding carboxylic acids is 1. The fourth-order valence-corrected chi connectivity index (χ4v) is 1.04. The third kappa shape index (κ3) is 9.00. The molecule has 0 saturated heterocycles. The van der Waals surface area contributed by atoms with Crippen molar-refractivity contribution in [2.24, 2.45) is 0 Å². The molecule has 0 bridgehead atoms. The summed E-state index contributed by atoms with van der Waals surface area (Å²) in [4.78, 5) is 11.1. The van der Waals surface area contributed by atoms with Crippen LogP contribution in [0.4, 0.5) is 13.2 Å². The lowest BCUT2D eigenvalue weighted by molar-refractivity contribution is -0.137. The van der Waals surface area contributed by atoms with Gasteiger partial charge in [-0.05, 0) is 25.1 Å². The van der Waals surface area contributed by atoms with Crippen molar-refractivity contribution in [1.82, 2.24) is 0 Å². The van der Waals surface area contributed by atoms with Crippen LogP contribution in [-0.4, -0.2) is 21.0 Å². The van der Waals surface area contributed by atoms with Crippen LogP contribution in [0, 0.1) is 0 Å². The molecule has 0 aliphatic rings. The summed E-state index contributed by atoms with van der Waals surface area (Å²) in [5.41, 5.74) is -0.945. The Bertz CT molecular complexity index is 550. The Balaban J connectivity index is 0.000000621. The predicted molar refractivity (Wildman–Crippen MR) is 68.0 cm³/mol. The fourth-order valence-electron chi connectivity index (χ4n) is 1.04. The molecule has 0 radical (unpaired) electrons. The fraction of sp³-hybridized carbons (Fsp3) is 0.300. The van der Waals surface area contributed by atoms with Crippen molar-refractivity contribution in [2.75, 3.05) is 6.61 Å². The SMILES string of the molecule is CCOC(=O)c1cccc(C(F)(F)F)c1.O=S(=O)(Cl)Cl. The minimum atomic E-state index is -4.44. The zero-order valence-corrected chi connectivity index (χ0v) is 12.3. The smallest absolute Gasteiger partial charge is 0.416 e. The highest BCUT2D eigenvalue weighted by atomic mass is 36.0. The van der Waals surface area contributed by atoms with Gasteiger partial charge in [0.05, 0.1) is 17.7 Å². The number of alkyl halides is 3. The van der Waals surface area contributed by atoms with Crippen molar-refractivity contribution in [3.05, 3.63) is 35.4 Å². The first-order chi connectivity index (χ1) is 8.95. The number of benzene rings is 1. The first-order valence-corrected chi connectivity index (χ1v) is 8.07. The van der Waals surface area contributed by atoms with Gasteiger partial charge < -0.3 is 4.74 Å². The molecule has 0 N–H and O–H groups in total. The van der Waals surface area contributed by atoms with Crippen LogP contribution >= 0.6 is 21.4 Å². The summed E-state index contributed by atoms with van der Waals surface area (Å²) in [6, 6.07) is 4.14. The molecule has 0 fully saturated rings. The van der Waals surface area contributed by atoms with Gasteiger partial charge in [-0.25, -0.2) is 4.79 Å². The second kappa shape index (κ2) is 7.70. The van der Waals surface area contributed by atoms with E-state index in [4.69, 9.17) is 8.42 Å². The second-order valence-corrected chi connectivity index (χ2v) is 6.85. The molecular formula is C10H9Cl2F3O4S. The molecule has 0 atom stereocenters. The zero-order valence-electron chi connectivity index (χ0n) is 9.95. The minimum Gasteiger partial charge on any atom is -0.462 e. The monoisotopic (exact) mass is 352 g/mol. The third-order valence-corrected chi connectivity index (χ3v) is 1.70. The minimum absolute atomic E-state index is 0.0910. The number of hydrogen-bond donors (Lipinski definition) is 0. The molecule has 1 aromatic carbocycles. The Morgan fingerprint density at radius 2 is 1.80 bits per heavy atom. The topological polar surface area (TPSA) is 60.4 Å². The Morgan fingerprint density at radius 1 is 1.30 bits per heavy atom. The number of esters is 1. The van der Waals surface area contributed by atoms with E-state index in [1.54, 1.807) is 6.92 Å². The molecule has 0 aromatic heterocycles. The molecule has 20 heavy (non-hydrogen) atoms. The molecule has 4 nitrogen and oxygen atoms in total. The summed E-state index contributed by atoms with van der Waals surface area (Å²) < 4.78 is 59.7. The lowest BCUT2D eigenvalue weighted by Crippen LogP contribution is -2.09. The Hall–Kier alpha value is -0.990. The maximum Gasteiger partial charge on any atom is 0.416 e. The van der Waals surface area contributed by atoms with Crippen LogP contribution in [0.3, 0.4) is 0 Å². The lowest BCUT2D eigenvalue weighted by Gasteiger charge is -2.07. The number of rotatable bonds is 2. The molecule has 0 amide bonds. The largest absolute Gasteiger partial charge is 0.462 e. The molecule has 1 rings (SSSR count). The van der Waals surface area contributed by atoms with E-state index in [2.05, 4.69) is 26.1 Å². The van der Waals surface area contributed by atoms with Gasteiger partial charge in [0.25, 0.3) is 0 Å². The van der Waals surface area contributed by atoms with Gasteiger partial charge in [0, 0.05) is 21.4 Å². The highest BCUT2D eigenvalue weighted by Gasteiger charge is 2.30. The van der Waals surface area contributed by atoms with E-state index in [0.29, 0.717) is 0 Å². The summed E-state index contributed by atoms with van der Waals surface area (Å²) in [7, 11) is 4.81. The standard InChI is InChI=1S/C10H9F3O2.Cl2O2S/c1-2-15-9(14)7-4-3-5-8(6-7)10(11,12)13;1-5(2,3)4/h3-6H,2H2,1H3;. The molecule has 0 aliphatic heterocycles. The molecule has 0 aliphatic carbocycles. The lowest BCUT2D eigenvalue weighted by atomic mass is 10.1. The van der Waals surface area contributed by atoms with Crippen molar-refractivity contribution in [1.29, 1.82) is 0 Å². The van der Waals surface area contributed by atoms with Crippen LogP contribution in [0.15, 0.2) is 24.3 Å². The average molecular weight is 353 g/mol. The van der Waals surface area contributed by atoms with Crippen LogP contribution in [0.2, 0.25) is 0 Å². The van der Waals surface area contributed by atoms with Crippen LogP contribution < -0.4 is 0 Å². The van der Waals surface area contributed by atoms with E-state index in [1.165, 1.54) is 12.1 Å². The number of hydrogen-bond acceptors (Lipinski definition) is 4. The van der Waals surface area contributed by atoms with Gasteiger partial charge in [0.2, 0.25) is 0 Å². The zero-order chi connectivity index (χ0) is 16.0. The summed E-state index contributed by atoms with van der Waals surface area (Å²) in [6.45, 7) is 1.72. The molecule has 0 heterocycles. The van der Waals surface area contributed by atoms with Gasteiger partial charge in [-0.3, -0.25) is 0 Å². The second-order valence-electron chi connectivity index (χ2n) is 3.18. The Labute approximate surface area is 122 Å². The normalized spacial score (nSPS) is 11.3. The number of halogens is 5. The van der Waals surface area contributed by atoms with E-state index >= 15 is 0 Å². The van der Waals surface area contributed by atoms with Crippen molar-refractivity contribution >= 4 is 35.6 Å². The summed E-state index contributed by atoms with van der Waals surface area (Å²) in [5.74, 6) is -0.747. The van der Waals surface area contributed by atoms with Gasteiger partial charge in [0.1, 0.15) is 0 Å². The first kappa shape index (κ1) is 19.0. The van der Waals surface area contributed by atoms with E-state index in [-0.39, 0.29) is 12.2 Å². The van der Waals surface area contributed by atoms with Gasteiger partial charge in [-0.15, -0.1) is 0 Å². The van der Waals surface area contributed by atoms with Gasteiger partial charge in [-0.2, -0.15) is 21.6 Å². The summed E-state index contributed by atoms with van der Waals surface area (Å²) in [6.07, 6.45) is -4.44. The first-order valence-electron chi connectivity index (χ1n) is 4.93. The highest BCUT2D eigenvalue weighted by molar-refractivity contribution is 8.31. The van der Waals surface area contributed by atoms with Crippen molar-refractivity contribution < 1.29 is 31.1 Å². The summed E-state index contributed by atoms with van der Waals surface area (Å²) in [5, 5.41) is 0. The van der Waals surface area contributed by atoms with Gasteiger partial charge >= 0.3 is 20.4 Å². The number of carbonyl (C=O) groups is 1. The van der Waals surface area contributed by atoms with Crippen LogP contribution in [-0.2, 0) is 19.2 Å². The van der Waals surface area contributed by atoms with E-state index in [0.717, 1.165) is 12.1 Å². The van der Waals surface area contributed by atoms with Crippen molar-refractivity contribution in [3.8, 4) is 0 Å². The maximum absolute atomic E-state index is 12.3. The quantitative estimate of drug-likeness (QED) is 0.602. The van der Waals surface area contributed by atoms with Gasteiger partial charge in [-0.1, -0.05) is 6.07 Å². The molecule has 1 aromatic rings. The summed E-state index contributed by atoms with van der Waals surface area (Å²) >= 11 is 0. The van der Waals surface area contributed by atoms with Gasteiger partial charge in [0.15, 0.2) is 0 Å². The maximum atomic E-state index is 12.3. The molecule has 0 spiro atoms. The molecule has 10 heteroatoms. The Morgan fingerprint density at radius 3 is 2.20 bits per heavy atom. The number of ether oxygens (including phenoxy) is 1. The van der Waals surface area contributed by atoms with E-state index in [1.807, 2.05) is 0 Å². The van der Waals surface area contributed by atoms with Crippen molar-refractivity contribution in [2.45, 2.75) is 13.1 Å². The molecule has 0 saturated carbocycles. The average Bonchev–Trinajstić information content (AvgIpc) is 2.26. The highest BCUT2D eigenvalue weighted by Crippen LogP contribution is 2.29. The van der Waals surface area contributed by atoms with Crippen molar-refractivity contribution in [3.63, 3.8) is 0 Å². The predicted octanol–water partition coefficient (Wildman–Crippen LogP) is 3.59. The van der Waals surface area contributed by atoms with E-state index in [9.17, 15) is 18.0 Å². The Kier molecular flexibility index (Phi) is 7.32. The van der Waals surface area contributed by atoms with E-state index < -0.39 is 26.0 Å². The van der Waals surface area contributed by atoms with Crippen LogP contribution in [0.5, 0.6) is 0 Å². The molecule has 0 unspecified atom stereocenters. The molecular weight excluding hydrogens is 344 g/mol. The molecule has 114 valence electrons.